The Balaban J connectivity index is 1.52. The summed E-state index contributed by atoms with van der Waals surface area (Å²) in [7, 11) is 0. The third-order valence-electron chi connectivity index (χ3n) is 5.77. The number of aryl methyl sites for hydroxylation is 2. The molecule has 0 saturated carbocycles. The molecule has 0 spiro atoms. The monoisotopic (exact) mass is 444 g/mol. The number of H-pyrrole nitrogens is 1. The van der Waals surface area contributed by atoms with Gasteiger partial charge < -0.3 is 0 Å². The van der Waals surface area contributed by atoms with Crippen molar-refractivity contribution in [1.29, 1.82) is 0 Å². The number of hydrogen-bond acceptors (Lipinski definition) is 6. The lowest BCUT2D eigenvalue weighted by Crippen LogP contribution is -2.07. The lowest BCUT2D eigenvalue weighted by molar-refractivity contribution is 0.601. The highest BCUT2D eigenvalue weighted by Gasteiger charge is 2.13. The fourth-order valence-electron chi connectivity index (χ4n) is 3.95. The van der Waals surface area contributed by atoms with Crippen molar-refractivity contribution in [3.05, 3.63) is 59.8 Å². The zero-order chi connectivity index (χ0) is 22.9. The Kier molecular flexibility index (Phi) is 7.90. The van der Waals surface area contributed by atoms with E-state index in [1.807, 2.05) is 12.1 Å². The first-order chi connectivity index (χ1) is 16.3. The van der Waals surface area contributed by atoms with Gasteiger partial charge in [0.2, 0.25) is 0 Å². The van der Waals surface area contributed by atoms with E-state index in [0.717, 1.165) is 60.7 Å². The van der Waals surface area contributed by atoms with Crippen LogP contribution < -0.4 is 0 Å². The number of rotatable bonds is 12. The normalized spacial score (nSPS) is 11.2. The first-order valence-electron chi connectivity index (χ1n) is 12.0. The van der Waals surface area contributed by atoms with E-state index in [9.17, 15) is 0 Å². The van der Waals surface area contributed by atoms with Gasteiger partial charge >= 0.3 is 0 Å². The summed E-state index contributed by atoms with van der Waals surface area (Å²) in [4.78, 5) is 9.45. The van der Waals surface area contributed by atoms with Crippen LogP contribution in [-0.4, -0.2) is 40.4 Å². The molecule has 8 nitrogen and oxygen atoms in total. The molecule has 0 aliphatic heterocycles. The summed E-state index contributed by atoms with van der Waals surface area (Å²) < 4.78 is 2.10. The Bertz CT molecular complexity index is 1120. The maximum Gasteiger partial charge on any atom is 0.181 e. The molecule has 0 saturated heterocycles. The lowest BCUT2D eigenvalue weighted by atomic mass is 10.0. The minimum atomic E-state index is 0.608. The van der Waals surface area contributed by atoms with Crippen molar-refractivity contribution in [2.24, 2.45) is 0 Å². The molecule has 8 heteroatoms. The third kappa shape index (κ3) is 5.88. The number of aromatic amines is 1. The molecule has 1 N–H and O–H groups in total. The molecule has 0 bridgehead atoms. The highest BCUT2D eigenvalue weighted by molar-refractivity contribution is 5.76. The predicted molar refractivity (Wildman–Crippen MR) is 128 cm³/mol. The highest BCUT2D eigenvalue weighted by atomic mass is 15.5. The molecule has 0 unspecified atom stereocenters. The highest BCUT2D eigenvalue weighted by Crippen LogP contribution is 2.27. The molecule has 4 aromatic rings. The molecular weight excluding hydrogens is 412 g/mol. The third-order valence-corrected chi connectivity index (χ3v) is 5.77. The minimum absolute atomic E-state index is 0.608. The maximum absolute atomic E-state index is 4.87. The summed E-state index contributed by atoms with van der Waals surface area (Å²) >= 11 is 0. The van der Waals surface area contributed by atoms with Gasteiger partial charge in [0, 0.05) is 30.2 Å². The van der Waals surface area contributed by atoms with E-state index in [2.05, 4.69) is 68.4 Å². The average molecular weight is 445 g/mol. The Morgan fingerprint density at radius 2 is 1.70 bits per heavy atom. The van der Waals surface area contributed by atoms with Crippen molar-refractivity contribution in [1.82, 2.24) is 40.4 Å². The first-order valence-corrected chi connectivity index (χ1v) is 12.0. The number of aromatic nitrogens is 8. The molecule has 0 atom stereocenters. The van der Waals surface area contributed by atoms with Crippen molar-refractivity contribution < 1.29 is 0 Å². The second-order valence-corrected chi connectivity index (χ2v) is 8.36. The SMILES string of the molecule is CCCCCc1nc(CCCCC)n(Cc2ccc(-c3ncccc3-c3nnn[nH]3)cc2)n1. The summed E-state index contributed by atoms with van der Waals surface area (Å²) in [6.07, 6.45) is 10.9. The van der Waals surface area contributed by atoms with Crippen LogP contribution in [0.1, 0.15) is 69.6 Å². The molecule has 4 rings (SSSR count). The topological polar surface area (TPSA) is 98.1 Å². The maximum atomic E-state index is 4.87. The smallest absolute Gasteiger partial charge is 0.181 e. The van der Waals surface area contributed by atoms with Crippen LogP contribution in [-0.2, 0) is 19.4 Å². The van der Waals surface area contributed by atoms with Crippen molar-refractivity contribution in [2.75, 3.05) is 0 Å². The second-order valence-electron chi connectivity index (χ2n) is 8.36. The van der Waals surface area contributed by atoms with E-state index in [0.29, 0.717) is 5.82 Å². The second kappa shape index (κ2) is 11.4. The van der Waals surface area contributed by atoms with E-state index in [-0.39, 0.29) is 0 Å². The summed E-state index contributed by atoms with van der Waals surface area (Å²) in [5.74, 6) is 2.69. The van der Waals surface area contributed by atoms with Gasteiger partial charge in [-0.15, -0.1) is 5.10 Å². The molecule has 0 fully saturated rings. The van der Waals surface area contributed by atoms with Crippen LogP contribution in [0.4, 0.5) is 0 Å². The van der Waals surface area contributed by atoms with Crippen molar-refractivity contribution >= 4 is 0 Å². The van der Waals surface area contributed by atoms with Crippen molar-refractivity contribution in [3.63, 3.8) is 0 Å². The van der Waals surface area contributed by atoms with Crippen molar-refractivity contribution in [3.8, 4) is 22.6 Å². The summed E-state index contributed by atoms with van der Waals surface area (Å²) in [5, 5.41) is 19.1. The van der Waals surface area contributed by atoms with Crippen LogP contribution in [0.5, 0.6) is 0 Å². The fraction of sp³-hybridized carbons (Fsp3) is 0.440. The van der Waals surface area contributed by atoms with Crippen molar-refractivity contribution in [2.45, 2.75) is 71.8 Å². The number of benzene rings is 1. The van der Waals surface area contributed by atoms with Gasteiger partial charge in [0.1, 0.15) is 5.82 Å². The van der Waals surface area contributed by atoms with E-state index < -0.39 is 0 Å². The molecular formula is C25H32N8. The molecule has 3 heterocycles. The molecule has 3 aromatic heterocycles. The molecule has 0 radical (unpaired) electrons. The van der Waals surface area contributed by atoms with Crippen LogP contribution >= 0.6 is 0 Å². The zero-order valence-electron chi connectivity index (χ0n) is 19.5. The molecule has 172 valence electrons. The molecule has 0 aliphatic rings. The molecule has 0 amide bonds. The Morgan fingerprint density at radius 1 is 0.909 bits per heavy atom. The number of hydrogen-bond donors (Lipinski definition) is 1. The summed E-state index contributed by atoms with van der Waals surface area (Å²) in [5.41, 5.74) is 3.94. The van der Waals surface area contributed by atoms with Crippen LogP contribution in [0, 0.1) is 0 Å². The summed E-state index contributed by atoms with van der Waals surface area (Å²) in [6.45, 7) is 5.18. The van der Waals surface area contributed by atoms with Gasteiger partial charge in [-0.25, -0.2) is 14.8 Å². The fourth-order valence-corrected chi connectivity index (χ4v) is 3.95. The predicted octanol–water partition coefficient (Wildman–Crippen LogP) is 5.03. The number of nitrogens with one attached hydrogen (secondary N) is 1. The lowest BCUT2D eigenvalue weighted by Gasteiger charge is -2.09. The number of pyridine rings is 1. The quantitative estimate of drug-likeness (QED) is 0.308. The van der Waals surface area contributed by atoms with Crippen LogP contribution in [0.15, 0.2) is 42.6 Å². The van der Waals surface area contributed by atoms with Gasteiger partial charge in [-0.3, -0.25) is 4.98 Å². The summed E-state index contributed by atoms with van der Waals surface area (Å²) in [6, 6.07) is 12.3. The van der Waals surface area contributed by atoms with E-state index in [1.165, 1.54) is 31.2 Å². The standard InChI is InChI=1S/C25H32N8/c1-3-5-7-11-22-27-23(12-8-6-4-2)33(30-22)18-19-13-15-20(16-14-19)24-21(10-9-17-26-24)25-28-31-32-29-25/h9-10,13-17H,3-8,11-12,18H2,1-2H3,(H,28,29,31,32). The minimum Gasteiger partial charge on any atom is -0.255 e. The van der Waals surface area contributed by atoms with Crippen LogP contribution in [0.25, 0.3) is 22.6 Å². The van der Waals surface area contributed by atoms with E-state index in [4.69, 9.17) is 10.1 Å². The Morgan fingerprint density at radius 3 is 2.42 bits per heavy atom. The Labute approximate surface area is 194 Å². The van der Waals surface area contributed by atoms with Gasteiger partial charge in [-0.1, -0.05) is 63.8 Å². The molecule has 1 aromatic carbocycles. The van der Waals surface area contributed by atoms with E-state index in [1.54, 1.807) is 6.20 Å². The zero-order valence-corrected chi connectivity index (χ0v) is 19.5. The number of unbranched alkanes of at least 4 members (excludes halogenated alkanes) is 4. The van der Waals surface area contributed by atoms with E-state index >= 15 is 0 Å². The number of nitrogens with zero attached hydrogens (tertiary/aromatic N) is 7. The van der Waals surface area contributed by atoms with Crippen LogP contribution in [0.3, 0.4) is 0 Å². The van der Waals surface area contributed by atoms with Gasteiger partial charge in [-0.2, -0.15) is 5.10 Å². The van der Waals surface area contributed by atoms with Gasteiger partial charge in [0.25, 0.3) is 0 Å². The average Bonchev–Trinajstić information content (AvgIpc) is 3.51. The first kappa shape index (κ1) is 22.8. The van der Waals surface area contributed by atoms with Gasteiger partial charge in [-0.05, 0) is 41.0 Å². The molecule has 0 aliphatic carbocycles. The Hall–Kier alpha value is -3.42. The van der Waals surface area contributed by atoms with Gasteiger partial charge in [0.15, 0.2) is 11.6 Å². The van der Waals surface area contributed by atoms with Gasteiger partial charge in [0.05, 0.1) is 12.2 Å². The van der Waals surface area contributed by atoms with Crippen LogP contribution in [0.2, 0.25) is 0 Å². The largest absolute Gasteiger partial charge is 0.255 e. The number of tetrazole rings is 1. The molecule has 33 heavy (non-hydrogen) atoms.